The predicted octanol–water partition coefficient (Wildman–Crippen LogP) is 3.87. The normalized spacial score (nSPS) is 20.0. The maximum Gasteiger partial charge on any atom is 0.263 e. The van der Waals surface area contributed by atoms with Crippen molar-refractivity contribution in [3.05, 3.63) is 52.0 Å². The number of aryl methyl sites for hydroxylation is 2. The van der Waals surface area contributed by atoms with E-state index in [4.69, 9.17) is 0 Å². The van der Waals surface area contributed by atoms with Gasteiger partial charge < -0.3 is 20.9 Å². The number of nitrogens with zero attached hydrogens (tertiary/aromatic N) is 2. The molecule has 6 nitrogen and oxygen atoms in total. The maximum absolute atomic E-state index is 12.9. The minimum absolute atomic E-state index is 0.0395. The molecule has 1 aromatic carbocycles. The molecule has 2 fully saturated rings. The van der Waals surface area contributed by atoms with Crippen LogP contribution in [0.1, 0.15) is 39.3 Å². The number of pyridine rings is 1. The van der Waals surface area contributed by atoms with Crippen LogP contribution in [0.15, 0.2) is 30.3 Å². The summed E-state index contributed by atoms with van der Waals surface area (Å²) >= 11 is 1.46. The number of hydrogen-bond acceptors (Lipinski definition) is 6. The third-order valence-corrected chi connectivity index (χ3v) is 7.74. The van der Waals surface area contributed by atoms with Crippen LogP contribution in [0.3, 0.4) is 0 Å². The van der Waals surface area contributed by atoms with E-state index in [-0.39, 0.29) is 5.91 Å². The van der Waals surface area contributed by atoms with Crippen LogP contribution in [0.25, 0.3) is 10.2 Å². The van der Waals surface area contributed by atoms with Gasteiger partial charge >= 0.3 is 0 Å². The summed E-state index contributed by atoms with van der Waals surface area (Å²) in [6.45, 7) is 6.87. The Balaban J connectivity index is 1.21. The Morgan fingerprint density at radius 3 is 2.59 bits per heavy atom. The largest absolute Gasteiger partial charge is 0.386 e. The first-order valence-electron chi connectivity index (χ1n) is 11.5. The van der Waals surface area contributed by atoms with Crippen LogP contribution in [0.4, 0.5) is 11.4 Å². The van der Waals surface area contributed by atoms with Gasteiger partial charge in [0, 0.05) is 55.5 Å². The average molecular weight is 450 g/mol. The highest BCUT2D eigenvalue weighted by atomic mass is 32.1. The Kier molecular flexibility index (Phi) is 5.78. The molecule has 7 heteroatoms. The molecule has 1 amide bonds. The van der Waals surface area contributed by atoms with Gasteiger partial charge in [0.1, 0.15) is 9.71 Å². The Bertz CT molecular complexity index is 1130. The van der Waals surface area contributed by atoms with Gasteiger partial charge in [-0.2, -0.15) is 0 Å². The number of carbonyl (C=O) groups excluding carboxylic acids is 1. The van der Waals surface area contributed by atoms with Crippen molar-refractivity contribution in [2.45, 2.75) is 45.2 Å². The van der Waals surface area contributed by atoms with Crippen LogP contribution >= 0.6 is 11.3 Å². The summed E-state index contributed by atoms with van der Waals surface area (Å²) in [5.74, 6) is -0.0395. The summed E-state index contributed by atoms with van der Waals surface area (Å²) in [5, 5.41) is 11.0. The van der Waals surface area contributed by atoms with Crippen molar-refractivity contribution in [2.24, 2.45) is 0 Å². The van der Waals surface area contributed by atoms with E-state index in [2.05, 4.69) is 63.1 Å². The molecule has 0 spiro atoms. The van der Waals surface area contributed by atoms with Crippen molar-refractivity contribution in [3.63, 3.8) is 0 Å². The predicted molar refractivity (Wildman–Crippen MR) is 133 cm³/mol. The van der Waals surface area contributed by atoms with Gasteiger partial charge in [0.25, 0.3) is 5.91 Å². The number of aromatic nitrogens is 1. The molecule has 2 aliphatic heterocycles. The molecule has 2 aliphatic rings. The topological polar surface area (TPSA) is 69.3 Å². The number of rotatable bonds is 6. The molecule has 4 heterocycles. The fourth-order valence-electron chi connectivity index (χ4n) is 5.12. The first-order chi connectivity index (χ1) is 15.5. The number of amides is 1. The zero-order valence-corrected chi connectivity index (χ0v) is 19.8. The van der Waals surface area contributed by atoms with Gasteiger partial charge in [0.15, 0.2) is 0 Å². The molecule has 5 rings (SSSR count). The molecule has 3 N–H and O–H groups in total. The van der Waals surface area contributed by atoms with Gasteiger partial charge in [0.05, 0.1) is 5.69 Å². The lowest BCUT2D eigenvalue weighted by molar-refractivity contribution is 0.0959. The summed E-state index contributed by atoms with van der Waals surface area (Å²) in [5.41, 5.74) is 5.54. The highest BCUT2D eigenvalue weighted by Crippen LogP contribution is 2.36. The van der Waals surface area contributed by atoms with E-state index in [1.54, 1.807) is 0 Å². The minimum atomic E-state index is -0.0395. The number of fused-ring (bicyclic) bond motifs is 3. The van der Waals surface area contributed by atoms with Gasteiger partial charge in [-0.3, -0.25) is 4.79 Å². The number of hydrogen-bond donors (Lipinski definition) is 3. The number of piperazine rings is 1. The average Bonchev–Trinajstić information content (AvgIpc) is 3.33. The Morgan fingerprint density at radius 2 is 1.91 bits per heavy atom. The van der Waals surface area contributed by atoms with Crippen molar-refractivity contribution >= 4 is 38.8 Å². The van der Waals surface area contributed by atoms with Crippen LogP contribution in [0.5, 0.6) is 0 Å². The molecule has 0 saturated carbocycles. The molecule has 2 bridgehead atoms. The van der Waals surface area contributed by atoms with Crippen LogP contribution in [0, 0.1) is 13.8 Å². The molecule has 2 saturated heterocycles. The van der Waals surface area contributed by atoms with Crippen molar-refractivity contribution in [2.75, 3.05) is 36.9 Å². The molecule has 2 atom stereocenters. The highest BCUT2D eigenvalue weighted by molar-refractivity contribution is 7.21. The lowest BCUT2D eigenvalue weighted by atomic mass is 10.1. The van der Waals surface area contributed by atoms with Crippen LogP contribution in [-0.4, -0.2) is 49.7 Å². The first-order valence-corrected chi connectivity index (χ1v) is 12.3. The van der Waals surface area contributed by atoms with Crippen LogP contribution in [0.2, 0.25) is 0 Å². The van der Waals surface area contributed by atoms with Crippen molar-refractivity contribution in [3.8, 4) is 0 Å². The minimum Gasteiger partial charge on any atom is -0.386 e. The lowest BCUT2D eigenvalue weighted by Gasteiger charge is -2.34. The lowest BCUT2D eigenvalue weighted by Crippen LogP contribution is -2.51. The monoisotopic (exact) mass is 449 g/mol. The van der Waals surface area contributed by atoms with Gasteiger partial charge in [-0.15, -0.1) is 11.3 Å². The Morgan fingerprint density at radius 1 is 1.19 bits per heavy atom. The molecule has 0 radical (unpaired) electrons. The van der Waals surface area contributed by atoms with E-state index in [0.29, 0.717) is 23.5 Å². The Hall–Kier alpha value is -2.64. The van der Waals surface area contributed by atoms with Gasteiger partial charge in [0.2, 0.25) is 0 Å². The molecule has 0 aliphatic carbocycles. The van der Waals surface area contributed by atoms with E-state index in [1.807, 2.05) is 14.0 Å². The van der Waals surface area contributed by atoms with E-state index in [1.165, 1.54) is 35.4 Å². The fourth-order valence-corrected chi connectivity index (χ4v) is 6.34. The van der Waals surface area contributed by atoms with Gasteiger partial charge in [-0.25, -0.2) is 4.98 Å². The Labute approximate surface area is 193 Å². The molecule has 3 aromatic rings. The third kappa shape index (κ3) is 4.07. The van der Waals surface area contributed by atoms with E-state index < -0.39 is 0 Å². The second kappa shape index (κ2) is 8.71. The van der Waals surface area contributed by atoms with Crippen molar-refractivity contribution in [1.82, 2.24) is 15.6 Å². The van der Waals surface area contributed by atoms with Crippen LogP contribution in [-0.2, 0) is 6.42 Å². The van der Waals surface area contributed by atoms with Crippen LogP contribution < -0.4 is 20.9 Å². The summed E-state index contributed by atoms with van der Waals surface area (Å²) in [7, 11) is 1.86. The SMILES string of the molecule is CNc1c(C(=O)NCCc2ccc(N3C[C@H]4CC[C@@H](C3)N4)cc2)sc2nc(C)cc(C)c12. The number of thiophene rings is 1. The molecular weight excluding hydrogens is 418 g/mol. The quantitative estimate of drug-likeness (QED) is 0.533. The van der Waals surface area contributed by atoms with E-state index >= 15 is 0 Å². The summed E-state index contributed by atoms with van der Waals surface area (Å²) in [4.78, 5) is 21.7. The maximum atomic E-state index is 12.9. The summed E-state index contributed by atoms with van der Waals surface area (Å²) in [6, 6.07) is 12.2. The number of nitrogens with one attached hydrogen (secondary N) is 3. The van der Waals surface area contributed by atoms with E-state index in [0.717, 1.165) is 46.7 Å². The van der Waals surface area contributed by atoms with Gasteiger partial charge in [-0.05, 0) is 62.4 Å². The fraction of sp³-hybridized carbons (Fsp3) is 0.440. The summed E-state index contributed by atoms with van der Waals surface area (Å²) < 4.78 is 0. The smallest absolute Gasteiger partial charge is 0.263 e. The zero-order chi connectivity index (χ0) is 22.2. The standard InChI is InChI=1S/C25H31N5OS/c1-15-12-16(2)28-25-21(15)22(26-3)23(32-25)24(31)27-11-10-17-4-8-20(9-5-17)30-13-18-6-7-19(14-30)29-18/h4-5,8-9,12,18-19,26,29H,6-7,10-11,13-14H2,1-3H3,(H,27,31)/t18-,19+. The van der Waals surface area contributed by atoms with Gasteiger partial charge in [-0.1, -0.05) is 12.1 Å². The second-order valence-corrected chi connectivity index (χ2v) is 10.0. The third-order valence-electron chi connectivity index (χ3n) is 6.66. The first kappa shape index (κ1) is 21.2. The zero-order valence-electron chi connectivity index (χ0n) is 19.0. The van der Waals surface area contributed by atoms with Crippen molar-refractivity contribution < 1.29 is 4.79 Å². The molecule has 0 unspecified atom stereocenters. The molecular formula is C25H31N5OS. The molecule has 32 heavy (non-hydrogen) atoms. The van der Waals surface area contributed by atoms with E-state index in [9.17, 15) is 4.79 Å². The number of carbonyl (C=O) groups is 1. The molecule has 2 aromatic heterocycles. The summed E-state index contributed by atoms with van der Waals surface area (Å²) in [6.07, 6.45) is 3.40. The number of anilines is 2. The van der Waals surface area contributed by atoms with Crippen molar-refractivity contribution in [1.29, 1.82) is 0 Å². The molecule has 168 valence electrons. The number of benzene rings is 1. The highest BCUT2D eigenvalue weighted by Gasteiger charge is 2.32. The second-order valence-electron chi connectivity index (χ2n) is 9.03.